The lowest BCUT2D eigenvalue weighted by atomic mass is 10.0. The van der Waals surface area contributed by atoms with Gasteiger partial charge in [0.25, 0.3) is 0 Å². The van der Waals surface area contributed by atoms with Crippen molar-refractivity contribution in [3.05, 3.63) is 52.4 Å². The number of benzene rings is 1. The Hall–Kier alpha value is -2.31. The zero-order valence-electron chi connectivity index (χ0n) is 13.3. The molecular formula is C17H17F3N2O2. The molecule has 1 aromatic carbocycles. The molecule has 1 aliphatic carbocycles. The van der Waals surface area contributed by atoms with Crippen molar-refractivity contribution in [2.75, 3.05) is 0 Å². The summed E-state index contributed by atoms with van der Waals surface area (Å²) in [5, 5.41) is 6.57. The van der Waals surface area contributed by atoms with Gasteiger partial charge in [-0.3, -0.25) is 4.79 Å². The Balaban J connectivity index is 1.67. The van der Waals surface area contributed by atoms with Crippen molar-refractivity contribution in [2.24, 2.45) is 5.92 Å². The number of alkyl halides is 3. The van der Waals surface area contributed by atoms with Crippen molar-refractivity contribution in [1.82, 2.24) is 10.5 Å². The Labute approximate surface area is 137 Å². The highest BCUT2D eigenvalue weighted by Crippen LogP contribution is 2.51. The fraction of sp³-hybridized carbons (Fsp3) is 0.412. The van der Waals surface area contributed by atoms with Crippen LogP contribution >= 0.6 is 0 Å². The molecule has 3 rings (SSSR count). The molecule has 2 unspecified atom stereocenters. The van der Waals surface area contributed by atoms with E-state index >= 15 is 0 Å². The molecule has 0 radical (unpaired) electrons. The maximum absolute atomic E-state index is 13.1. The van der Waals surface area contributed by atoms with Gasteiger partial charge in [-0.1, -0.05) is 23.4 Å². The van der Waals surface area contributed by atoms with Gasteiger partial charge >= 0.3 is 6.18 Å². The first kappa shape index (κ1) is 16.5. The van der Waals surface area contributed by atoms with Crippen LogP contribution in [0.1, 0.15) is 40.5 Å². The predicted molar refractivity (Wildman–Crippen MR) is 80.1 cm³/mol. The van der Waals surface area contributed by atoms with Crippen LogP contribution in [0.5, 0.6) is 0 Å². The second kappa shape index (κ2) is 5.96. The number of amides is 1. The Morgan fingerprint density at radius 1 is 1.33 bits per heavy atom. The lowest BCUT2D eigenvalue weighted by Gasteiger charge is -2.12. The smallest absolute Gasteiger partial charge is 0.361 e. The summed E-state index contributed by atoms with van der Waals surface area (Å²) in [6.07, 6.45) is -3.97. The molecule has 7 heteroatoms. The monoisotopic (exact) mass is 338 g/mol. The van der Waals surface area contributed by atoms with Crippen molar-refractivity contribution in [2.45, 2.75) is 38.9 Å². The van der Waals surface area contributed by atoms with Crippen LogP contribution in [0.25, 0.3) is 0 Å². The van der Waals surface area contributed by atoms with Crippen LogP contribution in [0.2, 0.25) is 0 Å². The Morgan fingerprint density at radius 3 is 2.67 bits per heavy atom. The average Bonchev–Trinajstić information content (AvgIpc) is 3.26. The molecule has 1 fully saturated rings. The number of nitrogens with zero attached hydrogens (tertiary/aromatic N) is 1. The van der Waals surface area contributed by atoms with E-state index in [2.05, 4.69) is 10.5 Å². The average molecular weight is 338 g/mol. The first-order valence-electron chi connectivity index (χ1n) is 7.64. The van der Waals surface area contributed by atoms with Gasteiger partial charge in [0.1, 0.15) is 5.76 Å². The molecule has 24 heavy (non-hydrogen) atoms. The van der Waals surface area contributed by atoms with Crippen LogP contribution in [0, 0.1) is 19.8 Å². The minimum absolute atomic E-state index is 0.197. The van der Waals surface area contributed by atoms with E-state index in [1.165, 1.54) is 12.1 Å². The van der Waals surface area contributed by atoms with Gasteiger partial charge < -0.3 is 9.84 Å². The molecule has 4 nitrogen and oxygen atoms in total. The second-order valence-corrected chi connectivity index (χ2v) is 6.05. The van der Waals surface area contributed by atoms with Crippen molar-refractivity contribution >= 4 is 5.91 Å². The zero-order chi connectivity index (χ0) is 17.5. The van der Waals surface area contributed by atoms with Crippen molar-refractivity contribution < 1.29 is 22.5 Å². The molecule has 1 aromatic heterocycles. The Bertz CT molecular complexity index is 748. The lowest BCUT2D eigenvalue weighted by Crippen LogP contribution is -2.25. The summed E-state index contributed by atoms with van der Waals surface area (Å²) in [7, 11) is 0. The number of nitrogens with one attached hydrogen (secondary N) is 1. The van der Waals surface area contributed by atoms with E-state index < -0.39 is 17.7 Å². The van der Waals surface area contributed by atoms with Gasteiger partial charge in [-0.05, 0) is 37.8 Å². The van der Waals surface area contributed by atoms with Crippen LogP contribution in [-0.4, -0.2) is 11.1 Å². The minimum atomic E-state index is -4.41. The van der Waals surface area contributed by atoms with Crippen LogP contribution in [0.3, 0.4) is 0 Å². The molecule has 2 aromatic rings. The summed E-state index contributed by atoms with van der Waals surface area (Å²) < 4.78 is 44.2. The molecule has 0 spiro atoms. The van der Waals surface area contributed by atoms with Crippen molar-refractivity contribution in [1.29, 1.82) is 0 Å². The van der Waals surface area contributed by atoms with E-state index in [9.17, 15) is 18.0 Å². The maximum Gasteiger partial charge on any atom is 0.416 e. The number of carbonyl (C=O) groups is 1. The third-order valence-corrected chi connectivity index (χ3v) is 4.41. The molecule has 0 saturated heterocycles. The third-order valence-electron chi connectivity index (χ3n) is 4.41. The molecule has 128 valence electrons. The normalized spacial score (nSPS) is 20.0. The minimum Gasteiger partial charge on any atom is -0.361 e. The van der Waals surface area contributed by atoms with E-state index in [-0.39, 0.29) is 23.9 Å². The van der Waals surface area contributed by atoms with Gasteiger partial charge in [0.05, 0.1) is 11.3 Å². The molecule has 1 heterocycles. The molecule has 1 N–H and O–H groups in total. The van der Waals surface area contributed by atoms with Crippen LogP contribution < -0.4 is 5.32 Å². The van der Waals surface area contributed by atoms with Crippen LogP contribution in [0.4, 0.5) is 13.2 Å². The second-order valence-electron chi connectivity index (χ2n) is 6.05. The number of carbonyl (C=O) groups excluding carboxylic acids is 1. The fourth-order valence-electron chi connectivity index (χ4n) is 2.97. The number of hydrogen-bond acceptors (Lipinski definition) is 3. The number of aromatic nitrogens is 1. The molecule has 2 atom stereocenters. The van der Waals surface area contributed by atoms with Gasteiger partial charge in [0.15, 0.2) is 0 Å². The summed E-state index contributed by atoms with van der Waals surface area (Å²) in [5.41, 5.74) is 1.04. The highest BCUT2D eigenvalue weighted by Gasteiger charge is 2.47. The topological polar surface area (TPSA) is 55.1 Å². The van der Waals surface area contributed by atoms with Gasteiger partial charge in [0.2, 0.25) is 5.91 Å². The van der Waals surface area contributed by atoms with Gasteiger partial charge in [-0.25, -0.2) is 0 Å². The standard InChI is InChI=1S/C17H17F3N2O2/c1-9-14(10(2)24-22-9)8-21-16(23)13-7-12(13)11-5-3-4-6-15(11)17(18,19)20/h3-6,12-13H,7-8H2,1-2H3,(H,21,23). The molecule has 1 amide bonds. The number of rotatable bonds is 4. The summed E-state index contributed by atoms with van der Waals surface area (Å²) >= 11 is 0. The predicted octanol–water partition coefficient (Wildman–Crippen LogP) is 3.73. The highest BCUT2D eigenvalue weighted by atomic mass is 19.4. The largest absolute Gasteiger partial charge is 0.416 e. The summed E-state index contributed by atoms with van der Waals surface area (Å²) in [5.74, 6) is -0.416. The molecule has 0 bridgehead atoms. The zero-order valence-corrected chi connectivity index (χ0v) is 13.3. The molecule has 1 aliphatic rings. The first-order chi connectivity index (χ1) is 11.3. The van der Waals surface area contributed by atoms with E-state index in [0.717, 1.165) is 11.6 Å². The van der Waals surface area contributed by atoms with Gasteiger partial charge in [-0.15, -0.1) is 0 Å². The van der Waals surface area contributed by atoms with E-state index in [1.54, 1.807) is 19.9 Å². The Morgan fingerprint density at radius 2 is 2.04 bits per heavy atom. The third kappa shape index (κ3) is 3.16. The summed E-state index contributed by atoms with van der Waals surface area (Å²) in [6.45, 7) is 3.79. The van der Waals surface area contributed by atoms with Crippen molar-refractivity contribution in [3.63, 3.8) is 0 Å². The van der Waals surface area contributed by atoms with Crippen LogP contribution in [-0.2, 0) is 17.5 Å². The van der Waals surface area contributed by atoms with E-state index in [1.807, 2.05) is 0 Å². The molecular weight excluding hydrogens is 321 g/mol. The lowest BCUT2D eigenvalue weighted by molar-refractivity contribution is -0.138. The Kier molecular flexibility index (Phi) is 4.11. The summed E-state index contributed by atoms with van der Waals surface area (Å²) in [6, 6.07) is 5.45. The molecule has 1 saturated carbocycles. The van der Waals surface area contributed by atoms with Gasteiger partial charge in [0, 0.05) is 18.0 Å². The van der Waals surface area contributed by atoms with Crippen LogP contribution in [0.15, 0.2) is 28.8 Å². The SMILES string of the molecule is Cc1noc(C)c1CNC(=O)C1CC1c1ccccc1C(F)(F)F. The highest BCUT2D eigenvalue weighted by molar-refractivity contribution is 5.83. The fourth-order valence-corrected chi connectivity index (χ4v) is 2.97. The van der Waals surface area contributed by atoms with Crippen molar-refractivity contribution in [3.8, 4) is 0 Å². The number of halogens is 3. The van der Waals surface area contributed by atoms with E-state index in [4.69, 9.17) is 4.52 Å². The first-order valence-corrected chi connectivity index (χ1v) is 7.64. The summed E-state index contributed by atoms with van der Waals surface area (Å²) in [4.78, 5) is 12.2. The number of aryl methyl sites for hydroxylation is 2. The van der Waals surface area contributed by atoms with E-state index in [0.29, 0.717) is 17.9 Å². The number of hydrogen-bond donors (Lipinski definition) is 1. The maximum atomic E-state index is 13.1. The molecule has 0 aliphatic heterocycles. The van der Waals surface area contributed by atoms with Gasteiger partial charge in [-0.2, -0.15) is 13.2 Å². The quantitative estimate of drug-likeness (QED) is 0.924.